The van der Waals surface area contributed by atoms with E-state index in [2.05, 4.69) is 26.3 Å². The number of aryl methyl sites for hydroxylation is 1. The quantitative estimate of drug-likeness (QED) is 0.168. The molecule has 3 atom stereocenters. The zero-order valence-electron chi connectivity index (χ0n) is 30.8. The van der Waals surface area contributed by atoms with Crippen molar-refractivity contribution >= 4 is 40.4 Å². The van der Waals surface area contributed by atoms with Crippen LogP contribution < -0.4 is 26.0 Å². The van der Waals surface area contributed by atoms with Crippen LogP contribution in [0.5, 0.6) is 5.75 Å². The Balaban J connectivity index is 1.53. The van der Waals surface area contributed by atoms with Gasteiger partial charge in [-0.2, -0.15) is 5.26 Å². The third kappa shape index (κ3) is 9.84. The van der Waals surface area contributed by atoms with E-state index >= 15 is 0 Å². The van der Waals surface area contributed by atoms with Gasteiger partial charge in [0.2, 0.25) is 23.6 Å². The number of aromatic nitrogens is 2. The van der Waals surface area contributed by atoms with Crippen LogP contribution in [0.4, 0.5) is 0 Å². The zero-order valence-corrected chi connectivity index (χ0v) is 30.8. The monoisotopic (exact) mass is 738 g/mol. The average Bonchev–Trinajstić information content (AvgIpc) is 3.75. The van der Waals surface area contributed by atoms with Crippen molar-refractivity contribution in [1.82, 2.24) is 35.7 Å². The van der Waals surface area contributed by atoms with Crippen LogP contribution in [0.1, 0.15) is 41.0 Å². The topological polar surface area (TPSA) is 200 Å². The van der Waals surface area contributed by atoms with Gasteiger partial charge < -0.3 is 45.2 Å². The first-order valence-electron chi connectivity index (χ1n) is 17.8. The number of nitriles is 1. The molecule has 4 aromatic rings. The molecule has 2 aromatic heterocycles. The molecule has 0 saturated heterocycles. The molecule has 15 nitrogen and oxygen atoms in total. The van der Waals surface area contributed by atoms with Gasteiger partial charge in [-0.05, 0) is 41.3 Å². The lowest BCUT2D eigenvalue weighted by Crippen LogP contribution is -2.58. The van der Waals surface area contributed by atoms with Gasteiger partial charge in [0.1, 0.15) is 42.2 Å². The highest BCUT2D eigenvalue weighted by atomic mass is 16.5. The van der Waals surface area contributed by atoms with Crippen LogP contribution >= 0.6 is 0 Å². The van der Waals surface area contributed by atoms with Crippen LogP contribution in [0.3, 0.4) is 0 Å². The number of methoxy groups -OCH3 is 1. The number of benzene rings is 2. The second-order valence-corrected chi connectivity index (χ2v) is 13.5. The second kappa shape index (κ2) is 18.1. The highest BCUT2D eigenvalue weighted by Gasteiger charge is 2.33. The highest BCUT2D eigenvalue weighted by Crippen LogP contribution is 2.21. The number of nitrogens with one attached hydrogen (secondary N) is 5. The van der Waals surface area contributed by atoms with Crippen molar-refractivity contribution in [3.63, 3.8) is 0 Å². The van der Waals surface area contributed by atoms with Gasteiger partial charge in [-0.25, -0.2) is 0 Å². The number of rotatable bonds is 8. The molecule has 2 bridgehead atoms. The van der Waals surface area contributed by atoms with Crippen LogP contribution in [0, 0.1) is 17.2 Å². The third-order valence-electron chi connectivity index (χ3n) is 9.21. The minimum Gasteiger partial charge on any atom is -0.492 e. The van der Waals surface area contributed by atoms with Gasteiger partial charge in [0.25, 0.3) is 5.91 Å². The normalized spacial score (nSPS) is 19.1. The summed E-state index contributed by atoms with van der Waals surface area (Å²) in [6.07, 6.45) is 3.37. The van der Waals surface area contributed by atoms with E-state index in [0.717, 1.165) is 16.5 Å². The van der Waals surface area contributed by atoms with E-state index in [1.165, 1.54) is 28.8 Å². The molecule has 4 heterocycles. The van der Waals surface area contributed by atoms with E-state index in [1.807, 2.05) is 30.3 Å². The number of amides is 5. The molecule has 0 spiro atoms. The molecule has 0 radical (unpaired) electrons. The summed E-state index contributed by atoms with van der Waals surface area (Å²) in [5.41, 5.74) is 2.72. The minimum atomic E-state index is -1.19. The lowest BCUT2D eigenvalue weighted by molar-refractivity contribution is -0.141. The number of carbonyl (C=O) groups excluding carboxylic acids is 5. The molecule has 2 aliphatic rings. The first-order chi connectivity index (χ1) is 26.0. The van der Waals surface area contributed by atoms with Gasteiger partial charge in [0.15, 0.2) is 0 Å². The van der Waals surface area contributed by atoms with E-state index in [-0.39, 0.29) is 56.3 Å². The average molecular weight is 739 g/mol. The minimum absolute atomic E-state index is 0.0140. The van der Waals surface area contributed by atoms with E-state index < -0.39 is 54.2 Å². The number of carbonyl (C=O) groups is 5. The van der Waals surface area contributed by atoms with Gasteiger partial charge in [-0.3, -0.25) is 24.0 Å². The van der Waals surface area contributed by atoms with Crippen molar-refractivity contribution < 1.29 is 33.4 Å². The Labute approximate surface area is 313 Å². The van der Waals surface area contributed by atoms with Crippen molar-refractivity contribution in [1.29, 1.82) is 5.26 Å². The van der Waals surface area contributed by atoms with Gasteiger partial charge in [-0.15, -0.1) is 0 Å². The second-order valence-electron chi connectivity index (χ2n) is 13.5. The van der Waals surface area contributed by atoms with Crippen LogP contribution in [0.2, 0.25) is 0 Å². The maximum Gasteiger partial charge on any atom is 0.268 e. The Morgan fingerprint density at radius 3 is 2.54 bits per heavy atom. The van der Waals surface area contributed by atoms with Gasteiger partial charge in [0, 0.05) is 56.8 Å². The van der Waals surface area contributed by atoms with E-state index in [1.54, 1.807) is 51.4 Å². The zero-order chi connectivity index (χ0) is 38.8. The lowest BCUT2D eigenvalue weighted by atomic mass is 10.0. The molecule has 0 aliphatic carbocycles. The number of para-hydroxylation sites is 1. The van der Waals surface area contributed by atoms with Crippen LogP contribution in [0.25, 0.3) is 10.9 Å². The van der Waals surface area contributed by atoms with E-state index in [9.17, 15) is 29.2 Å². The molecular weight excluding hydrogens is 692 g/mol. The Kier molecular flexibility index (Phi) is 13.1. The maximum atomic E-state index is 14.5. The highest BCUT2D eigenvalue weighted by molar-refractivity contribution is 5.98. The number of nitrogens with zero attached hydrogens (tertiary/aromatic N) is 3. The van der Waals surface area contributed by atoms with Gasteiger partial charge in [0.05, 0.1) is 25.3 Å². The largest absolute Gasteiger partial charge is 0.492 e. The third-order valence-corrected chi connectivity index (χ3v) is 9.21. The Hall–Kier alpha value is -6.14. The fraction of sp³-hybridized carbons (Fsp3) is 0.385. The summed E-state index contributed by atoms with van der Waals surface area (Å²) in [5, 5.41) is 21.5. The predicted octanol–water partition coefficient (Wildman–Crippen LogP) is 1.57. The summed E-state index contributed by atoms with van der Waals surface area (Å²) in [6, 6.07) is 14.7. The summed E-state index contributed by atoms with van der Waals surface area (Å²) in [6.45, 7) is 3.63. The Bertz CT molecular complexity index is 2010. The van der Waals surface area contributed by atoms with Gasteiger partial charge >= 0.3 is 0 Å². The number of hydrogen-bond donors (Lipinski definition) is 5. The molecule has 15 heteroatoms. The SMILES string of the molecule is COCCN1CC(=O)N[C@@H](C(C)C)C(=O)NCCOc2ccc(cc2)C[C@H](NC(=O)c2cc(C#N)cn2C)C(=O)N[C@@H](Cc2c[nH]c3ccccc23)C1=O. The van der Waals surface area contributed by atoms with Crippen LogP contribution in [-0.4, -0.2) is 102 Å². The fourth-order valence-corrected chi connectivity index (χ4v) is 6.31. The predicted molar refractivity (Wildman–Crippen MR) is 199 cm³/mol. The van der Waals surface area contributed by atoms with Gasteiger partial charge in [-0.1, -0.05) is 44.2 Å². The van der Waals surface area contributed by atoms with Crippen molar-refractivity contribution in [2.75, 3.05) is 40.0 Å². The molecular formula is C39H46N8O7. The molecule has 5 amide bonds. The van der Waals surface area contributed by atoms with E-state index in [4.69, 9.17) is 9.47 Å². The molecule has 0 saturated carbocycles. The first kappa shape index (κ1) is 39.1. The van der Waals surface area contributed by atoms with Crippen LogP contribution in [0.15, 0.2) is 67.0 Å². The standard InChI is InChI=1S/C39H46N8O7/c1-24(2)35-38(51)41-13-15-54-28-11-9-25(10-12-28)17-31(43-37(50)33-18-26(20-40)22-46(33)3)36(49)44-32(19-27-21-42-30-8-6-5-7-29(27)30)39(52)47(14-16-53-4)23-34(48)45-35/h5-12,18,21-22,24,31-32,35,42H,13-17,19,23H2,1-4H3,(H,41,51)(H,43,50)(H,44,49)(H,45,48)/t31-,32-,35-/m0/s1. The number of aromatic amines is 1. The fourth-order valence-electron chi connectivity index (χ4n) is 6.31. The Morgan fingerprint density at radius 2 is 1.83 bits per heavy atom. The molecule has 6 rings (SSSR count). The number of hydrogen-bond acceptors (Lipinski definition) is 8. The molecule has 284 valence electrons. The lowest BCUT2D eigenvalue weighted by Gasteiger charge is -2.30. The molecule has 0 unspecified atom stereocenters. The molecule has 54 heavy (non-hydrogen) atoms. The molecule has 2 aromatic carbocycles. The Morgan fingerprint density at radius 1 is 1.07 bits per heavy atom. The summed E-state index contributed by atoms with van der Waals surface area (Å²) in [5.74, 6) is -2.50. The van der Waals surface area contributed by atoms with Crippen molar-refractivity contribution in [3.8, 4) is 11.8 Å². The first-order valence-corrected chi connectivity index (χ1v) is 17.8. The van der Waals surface area contributed by atoms with Crippen molar-refractivity contribution in [3.05, 3.63) is 89.4 Å². The van der Waals surface area contributed by atoms with E-state index in [0.29, 0.717) is 11.3 Å². The van der Waals surface area contributed by atoms with Crippen molar-refractivity contribution in [2.45, 2.75) is 44.8 Å². The molecule has 0 fully saturated rings. The van der Waals surface area contributed by atoms with Crippen LogP contribution in [-0.2, 0) is 43.8 Å². The maximum absolute atomic E-state index is 14.5. The smallest absolute Gasteiger partial charge is 0.268 e. The summed E-state index contributed by atoms with van der Waals surface area (Å²) in [4.78, 5) is 73.7. The molecule has 2 aliphatic heterocycles. The number of H-pyrrole nitrogens is 1. The summed E-state index contributed by atoms with van der Waals surface area (Å²) in [7, 11) is 3.09. The summed E-state index contributed by atoms with van der Waals surface area (Å²) < 4.78 is 12.6. The number of ether oxygens (including phenoxy) is 2. The van der Waals surface area contributed by atoms with Crippen molar-refractivity contribution in [2.24, 2.45) is 13.0 Å². The summed E-state index contributed by atoms with van der Waals surface area (Å²) >= 11 is 0. The molecule has 5 N–H and O–H groups in total. The number of fused-ring (bicyclic) bond motifs is 18.